The third-order valence-corrected chi connectivity index (χ3v) is 14.5. The molecule has 2 amide bonds. The minimum absolute atomic E-state index is 0.0197. The molecule has 16 heteroatoms. The highest BCUT2D eigenvalue weighted by molar-refractivity contribution is 5.68. The van der Waals surface area contributed by atoms with Crippen LogP contribution in [0.5, 0.6) is 0 Å². The molecule has 0 spiro atoms. The zero-order chi connectivity index (χ0) is 49.4. The fraction of sp³-hybridized carbons (Fsp3) is 0.491. The number of aromatic nitrogens is 2. The summed E-state index contributed by atoms with van der Waals surface area (Å²) in [7, 11) is 3.77. The number of fused-ring (bicyclic) bond motifs is 1. The highest BCUT2D eigenvalue weighted by atomic mass is 16.6. The van der Waals surface area contributed by atoms with Crippen LogP contribution >= 0.6 is 0 Å². The molecule has 0 bridgehead atoms. The molecule has 9 rings (SSSR count). The Hall–Kier alpha value is -6.52. The van der Waals surface area contributed by atoms with Gasteiger partial charge in [0.15, 0.2) is 0 Å². The van der Waals surface area contributed by atoms with Crippen LogP contribution in [0.3, 0.4) is 0 Å². The van der Waals surface area contributed by atoms with Crippen molar-refractivity contribution < 1.29 is 24.0 Å². The molecular weight excluding hydrogens is 897 g/mol. The van der Waals surface area contributed by atoms with Crippen LogP contribution in [-0.4, -0.2) is 157 Å². The lowest BCUT2D eigenvalue weighted by Gasteiger charge is -2.36. The molecule has 5 aliphatic rings. The van der Waals surface area contributed by atoms with Crippen molar-refractivity contribution in [3.63, 3.8) is 0 Å². The highest BCUT2D eigenvalue weighted by Crippen LogP contribution is 2.30. The monoisotopic (exact) mass is 969 g/mol. The van der Waals surface area contributed by atoms with Crippen LogP contribution in [0.15, 0.2) is 97.5 Å². The number of benzene rings is 2. The molecule has 0 radical (unpaired) electrons. The van der Waals surface area contributed by atoms with Crippen LogP contribution in [0.2, 0.25) is 0 Å². The van der Waals surface area contributed by atoms with Crippen molar-refractivity contribution >= 4 is 41.7 Å². The van der Waals surface area contributed by atoms with Crippen LogP contribution in [0.4, 0.5) is 26.9 Å². The summed E-state index contributed by atoms with van der Waals surface area (Å²) in [4.78, 5) is 60.0. The Labute approximate surface area is 419 Å². The zero-order valence-electron chi connectivity index (χ0n) is 41.7. The molecule has 71 heavy (non-hydrogen) atoms. The van der Waals surface area contributed by atoms with E-state index in [-0.39, 0.29) is 22.8 Å². The number of anilines is 2. The zero-order valence-corrected chi connectivity index (χ0v) is 41.7. The number of hydrogen-bond acceptors (Lipinski definition) is 13. The molecule has 4 saturated heterocycles. The van der Waals surface area contributed by atoms with E-state index < -0.39 is 0 Å². The van der Waals surface area contributed by atoms with Gasteiger partial charge in [-0.05, 0) is 117 Å². The van der Waals surface area contributed by atoms with Gasteiger partial charge in [0.05, 0.1) is 10.5 Å². The third-order valence-electron chi connectivity index (χ3n) is 14.5. The van der Waals surface area contributed by atoms with Gasteiger partial charge in [-0.2, -0.15) is 0 Å². The van der Waals surface area contributed by atoms with Gasteiger partial charge in [-0.1, -0.05) is 72.8 Å². The summed E-state index contributed by atoms with van der Waals surface area (Å²) in [6, 6.07) is 23.7. The Morgan fingerprint density at radius 3 is 1.63 bits per heavy atom. The smallest absolute Gasteiger partial charge is 0.410 e. The Kier molecular flexibility index (Phi) is 18.3. The lowest BCUT2D eigenvalue weighted by atomic mass is 9.93. The summed E-state index contributed by atoms with van der Waals surface area (Å²) >= 11 is 0. The maximum absolute atomic E-state index is 12.4. The van der Waals surface area contributed by atoms with Gasteiger partial charge in [0.25, 0.3) is 5.69 Å². The van der Waals surface area contributed by atoms with Gasteiger partial charge >= 0.3 is 12.2 Å². The van der Waals surface area contributed by atoms with E-state index in [0.717, 1.165) is 133 Å². The molecule has 4 fully saturated rings. The van der Waals surface area contributed by atoms with Crippen LogP contribution in [0, 0.1) is 22.0 Å². The Balaban J connectivity index is 0.000000192. The van der Waals surface area contributed by atoms with Crippen molar-refractivity contribution in [1.29, 1.82) is 0 Å². The number of carbonyl (C=O) groups is 2. The largest absolute Gasteiger partial charge is 0.445 e. The number of nitrogens with zero attached hydrogens (tertiary/aromatic N) is 10. The second-order valence-electron chi connectivity index (χ2n) is 19.7. The second-order valence-corrected chi connectivity index (χ2v) is 19.7. The summed E-state index contributed by atoms with van der Waals surface area (Å²) < 4.78 is 11.0. The molecule has 6 heterocycles. The molecular formula is C55H72N10O6. The van der Waals surface area contributed by atoms with Crippen molar-refractivity contribution in [3.05, 3.63) is 135 Å². The number of carbonyl (C=O) groups excluding carboxylic acids is 2. The number of amides is 2. The first-order valence-corrected chi connectivity index (χ1v) is 25.6. The molecule has 4 aliphatic heterocycles. The van der Waals surface area contributed by atoms with Gasteiger partial charge in [-0.3, -0.25) is 19.9 Å². The van der Waals surface area contributed by atoms with E-state index in [2.05, 4.69) is 42.8 Å². The first-order chi connectivity index (χ1) is 34.6. The van der Waals surface area contributed by atoms with E-state index in [9.17, 15) is 19.7 Å². The summed E-state index contributed by atoms with van der Waals surface area (Å²) in [5.41, 5.74) is 5.30. The van der Waals surface area contributed by atoms with Gasteiger partial charge in [0, 0.05) is 98.8 Å². The predicted molar refractivity (Wildman–Crippen MR) is 279 cm³/mol. The van der Waals surface area contributed by atoms with Crippen LogP contribution < -0.4 is 9.80 Å². The quantitative estimate of drug-likeness (QED) is 0.0833. The van der Waals surface area contributed by atoms with Crippen molar-refractivity contribution in [2.24, 2.45) is 11.8 Å². The normalized spacial score (nSPS) is 18.0. The molecule has 0 saturated carbocycles. The molecule has 2 aromatic carbocycles. The average Bonchev–Trinajstić information content (AvgIpc) is 3.90. The van der Waals surface area contributed by atoms with E-state index in [1.165, 1.54) is 36.6 Å². The second kappa shape index (κ2) is 25.6. The number of allylic oxidation sites excluding steroid dienone is 1. The van der Waals surface area contributed by atoms with Crippen molar-refractivity contribution in [2.45, 2.75) is 58.2 Å². The minimum Gasteiger partial charge on any atom is -0.445 e. The number of rotatable bonds is 15. The van der Waals surface area contributed by atoms with Gasteiger partial charge in [0.1, 0.15) is 31.0 Å². The van der Waals surface area contributed by atoms with Crippen molar-refractivity contribution in [3.8, 4) is 0 Å². The van der Waals surface area contributed by atoms with Gasteiger partial charge in [-0.25, -0.2) is 19.6 Å². The number of nitro groups is 1. The maximum Gasteiger partial charge on any atom is 0.410 e. The fourth-order valence-electron chi connectivity index (χ4n) is 10.0. The predicted octanol–water partition coefficient (Wildman–Crippen LogP) is 8.29. The summed E-state index contributed by atoms with van der Waals surface area (Å²) in [6.45, 7) is 13.3. The number of ether oxygens (including phenoxy) is 2. The molecule has 16 nitrogen and oxygen atoms in total. The summed E-state index contributed by atoms with van der Waals surface area (Å²) in [5, 5.41) is 11.4. The van der Waals surface area contributed by atoms with Crippen LogP contribution in [0.1, 0.15) is 66.3 Å². The highest BCUT2D eigenvalue weighted by Gasteiger charge is 2.27. The van der Waals surface area contributed by atoms with E-state index in [1.54, 1.807) is 11.0 Å². The molecule has 378 valence electrons. The number of piperidine rings is 2. The Bertz CT molecular complexity index is 2390. The first kappa shape index (κ1) is 50.9. The summed E-state index contributed by atoms with van der Waals surface area (Å²) in [5.74, 6) is 3.35. The van der Waals surface area contributed by atoms with E-state index in [1.807, 2.05) is 103 Å². The standard InChI is InChI=1S/C28H38N6O4.C27H34N4O2/c1-30(2)12-11-25-20-27(29-21-26(25)34(36)37)32-14-9-23(10-15-32)8-13-31-16-18-33(19-17-31)28(35)38-22-24-6-4-3-5-7-24;32-27(33-21-23-5-2-1-3-6-23)31-17-15-29(16-18-31)12-9-22-10-13-30(14-11-22)26-19-24-7-4-8-25(24)20-28-26/h3-7,11-12,20-21,23H,8-10,13-19,22H2,1-2H3;1-7,19-20,22H,8-18,21H2/b12-11+;. The molecule has 0 unspecified atom stereocenters. The lowest BCUT2D eigenvalue weighted by molar-refractivity contribution is -0.385. The van der Waals surface area contributed by atoms with Gasteiger partial charge in [-0.15, -0.1) is 0 Å². The molecule has 0 atom stereocenters. The summed E-state index contributed by atoms with van der Waals surface area (Å²) in [6.07, 6.45) is 19.0. The number of hydrogen-bond donors (Lipinski definition) is 0. The molecule has 2 aromatic heterocycles. The molecule has 4 aromatic rings. The van der Waals surface area contributed by atoms with E-state index in [0.29, 0.717) is 37.8 Å². The minimum atomic E-state index is -0.383. The van der Waals surface area contributed by atoms with Gasteiger partial charge in [0.2, 0.25) is 0 Å². The van der Waals surface area contributed by atoms with Crippen LogP contribution in [-0.2, 0) is 29.1 Å². The van der Waals surface area contributed by atoms with E-state index >= 15 is 0 Å². The first-order valence-electron chi connectivity index (χ1n) is 25.6. The number of pyridine rings is 2. The van der Waals surface area contributed by atoms with Crippen molar-refractivity contribution in [2.75, 3.05) is 116 Å². The number of piperazine rings is 2. The van der Waals surface area contributed by atoms with Crippen molar-refractivity contribution in [1.82, 2.24) is 34.5 Å². The Morgan fingerprint density at radius 2 is 1.15 bits per heavy atom. The topological polar surface area (TPSA) is 144 Å². The lowest BCUT2D eigenvalue weighted by Crippen LogP contribution is -2.49. The maximum atomic E-state index is 12.4. The molecule has 1 aliphatic carbocycles. The molecule has 0 N–H and O–H groups in total. The van der Waals surface area contributed by atoms with Crippen LogP contribution in [0.25, 0.3) is 12.2 Å². The Morgan fingerprint density at radius 1 is 0.676 bits per heavy atom. The van der Waals surface area contributed by atoms with E-state index in [4.69, 9.17) is 14.5 Å². The van der Waals surface area contributed by atoms with Gasteiger partial charge < -0.3 is 34.0 Å². The fourth-order valence-corrected chi connectivity index (χ4v) is 10.0. The third kappa shape index (κ3) is 15.0. The SMILES string of the molecule is CN(C)/C=C/c1cc(N2CCC(CCN3CCN(C(=O)OCc4ccccc4)CC3)CC2)ncc1[N+](=O)[O-].O=C(OCc1ccccc1)N1CCN(CCC2CCN(c3cc4c(cn3)CC=C4)CC2)CC1. The average molecular weight is 969 g/mol.